The maximum Gasteiger partial charge on any atom is 0.168 e. The van der Waals surface area contributed by atoms with E-state index in [1.54, 1.807) is 13.0 Å². The van der Waals surface area contributed by atoms with Gasteiger partial charge >= 0.3 is 0 Å². The van der Waals surface area contributed by atoms with Crippen molar-refractivity contribution in [2.24, 2.45) is 0 Å². The number of aldehydes is 1. The van der Waals surface area contributed by atoms with Crippen LogP contribution in [0.15, 0.2) is 18.2 Å². The summed E-state index contributed by atoms with van der Waals surface area (Å²) in [5, 5.41) is 0.0303. The Morgan fingerprint density at radius 1 is 1.33 bits per heavy atom. The zero-order chi connectivity index (χ0) is 11.0. The fourth-order valence-corrected chi connectivity index (χ4v) is 1.44. The van der Waals surface area contributed by atoms with Crippen LogP contribution in [0.5, 0.6) is 0 Å². The molecule has 1 heterocycles. The highest BCUT2D eigenvalue weighted by Gasteiger charge is 2.12. The number of nitrogens with zero attached hydrogens (tertiary/aromatic N) is 1. The standard InChI is InChI=1S/C11H7F2NO/c1-6-2-3-8-10(13)9(12)4-7(5-15)11(8)14-6/h2-5H,1H3. The second-order valence-electron chi connectivity index (χ2n) is 3.23. The summed E-state index contributed by atoms with van der Waals surface area (Å²) in [6, 6.07) is 3.85. The monoisotopic (exact) mass is 207 g/mol. The quantitative estimate of drug-likeness (QED) is 0.673. The lowest BCUT2D eigenvalue weighted by Gasteiger charge is -2.03. The van der Waals surface area contributed by atoms with E-state index in [4.69, 9.17) is 0 Å². The van der Waals surface area contributed by atoms with Gasteiger partial charge in [-0.25, -0.2) is 8.78 Å². The van der Waals surface area contributed by atoms with Crippen LogP contribution in [0.1, 0.15) is 16.1 Å². The molecule has 0 bridgehead atoms. The van der Waals surface area contributed by atoms with Crippen LogP contribution in [0.3, 0.4) is 0 Å². The summed E-state index contributed by atoms with van der Waals surface area (Å²) in [5.41, 5.74) is 0.910. The van der Waals surface area contributed by atoms with Gasteiger partial charge in [0.25, 0.3) is 0 Å². The fourth-order valence-electron chi connectivity index (χ4n) is 1.44. The second-order valence-corrected chi connectivity index (χ2v) is 3.23. The predicted molar refractivity (Wildman–Crippen MR) is 51.8 cm³/mol. The Kier molecular flexibility index (Phi) is 2.19. The Bertz CT molecular complexity index is 552. The minimum Gasteiger partial charge on any atom is -0.298 e. The molecule has 0 atom stereocenters. The molecule has 15 heavy (non-hydrogen) atoms. The van der Waals surface area contributed by atoms with Crippen molar-refractivity contribution in [3.05, 3.63) is 41.1 Å². The molecule has 1 aromatic carbocycles. The van der Waals surface area contributed by atoms with Gasteiger partial charge in [0.1, 0.15) is 0 Å². The van der Waals surface area contributed by atoms with Crippen LogP contribution in [0.4, 0.5) is 8.78 Å². The molecule has 0 aliphatic carbocycles. The molecule has 2 rings (SSSR count). The van der Waals surface area contributed by atoms with Gasteiger partial charge in [0.2, 0.25) is 0 Å². The van der Waals surface area contributed by atoms with Gasteiger partial charge in [-0.05, 0) is 25.1 Å². The van der Waals surface area contributed by atoms with E-state index in [1.807, 2.05) is 0 Å². The Hall–Kier alpha value is -1.84. The third-order valence-corrected chi connectivity index (χ3v) is 2.16. The topological polar surface area (TPSA) is 30.0 Å². The Balaban J connectivity index is 2.96. The number of carbonyl (C=O) groups excluding carboxylic acids is 1. The summed E-state index contributed by atoms with van der Waals surface area (Å²) in [7, 11) is 0. The summed E-state index contributed by atoms with van der Waals surface area (Å²) >= 11 is 0. The number of benzene rings is 1. The van der Waals surface area contributed by atoms with Crippen molar-refractivity contribution in [3.63, 3.8) is 0 Å². The van der Waals surface area contributed by atoms with E-state index in [1.165, 1.54) is 6.07 Å². The first-order valence-electron chi connectivity index (χ1n) is 4.34. The van der Waals surface area contributed by atoms with Crippen molar-refractivity contribution in [2.45, 2.75) is 6.92 Å². The molecule has 0 unspecified atom stereocenters. The molecule has 2 aromatic rings. The van der Waals surface area contributed by atoms with E-state index < -0.39 is 11.6 Å². The molecule has 2 nitrogen and oxygen atoms in total. The van der Waals surface area contributed by atoms with Crippen LogP contribution in [0.25, 0.3) is 10.9 Å². The van der Waals surface area contributed by atoms with Crippen molar-refractivity contribution in [1.29, 1.82) is 0 Å². The zero-order valence-corrected chi connectivity index (χ0v) is 7.92. The lowest BCUT2D eigenvalue weighted by atomic mass is 10.1. The first-order chi connectivity index (χ1) is 7.13. The highest BCUT2D eigenvalue weighted by molar-refractivity contribution is 5.95. The second kappa shape index (κ2) is 3.38. The first-order valence-corrected chi connectivity index (χ1v) is 4.34. The summed E-state index contributed by atoms with van der Waals surface area (Å²) in [6.45, 7) is 1.72. The number of rotatable bonds is 1. The Morgan fingerprint density at radius 2 is 2.07 bits per heavy atom. The summed E-state index contributed by atoms with van der Waals surface area (Å²) in [4.78, 5) is 14.7. The Labute approximate surface area is 84.6 Å². The normalized spacial score (nSPS) is 10.6. The molecule has 0 N–H and O–H groups in total. The maximum absolute atomic E-state index is 13.3. The first kappa shape index (κ1) is 9.71. The fraction of sp³-hybridized carbons (Fsp3) is 0.0909. The van der Waals surface area contributed by atoms with Gasteiger partial charge in [0, 0.05) is 16.6 Å². The smallest absolute Gasteiger partial charge is 0.168 e. The molecule has 76 valence electrons. The SMILES string of the molecule is Cc1ccc2c(F)c(F)cc(C=O)c2n1. The molecule has 0 radical (unpaired) electrons. The average Bonchev–Trinajstić information content (AvgIpc) is 2.23. The number of carbonyl (C=O) groups is 1. The molecule has 0 amide bonds. The lowest BCUT2D eigenvalue weighted by molar-refractivity contribution is 0.112. The van der Waals surface area contributed by atoms with E-state index in [0.717, 1.165) is 6.07 Å². The van der Waals surface area contributed by atoms with Gasteiger partial charge in [-0.1, -0.05) is 0 Å². The molecule has 0 aliphatic rings. The van der Waals surface area contributed by atoms with Crippen LogP contribution in [0, 0.1) is 18.6 Å². The van der Waals surface area contributed by atoms with Crippen LogP contribution >= 0.6 is 0 Å². The van der Waals surface area contributed by atoms with Gasteiger partial charge < -0.3 is 0 Å². The third kappa shape index (κ3) is 1.48. The summed E-state index contributed by atoms with van der Waals surface area (Å²) in [6.07, 6.45) is 0.470. The largest absolute Gasteiger partial charge is 0.298 e. The van der Waals surface area contributed by atoms with E-state index >= 15 is 0 Å². The third-order valence-electron chi connectivity index (χ3n) is 2.16. The van der Waals surface area contributed by atoms with E-state index in [0.29, 0.717) is 12.0 Å². The average molecular weight is 207 g/mol. The van der Waals surface area contributed by atoms with Gasteiger partial charge in [-0.2, -0.15) is 0 Å². The van der Waals surface area contributed by atoms with Crippen LogP contribution < -0.4 is 0 Å². The minimum absolute atomic E-state index is 0.0303. The van der Waals surface area contributed by atoms with Crippen LogP contribution in [-0.2, 0) is 0 Å². The van der Waals surface area contributed by atoms with Crippen LogP contribution in [0.2, 0.25) is 0 Å². The van der Waals surface area contributed by atoms with Crippen molar-refractivity contribution in [2.75, 3.05) is 0 Å². The molecule has 0 fully saturated rings. The van der Waals surface area contributed by atoms with Crippen LogP contribution in [-0.4, -0.2) is 11.3 Å². The van der Waals surface area contributed by atoms with E-state index in [2.05, 4.69) is 4.98 Å². The number of hydrogen-bond acceptors (Lipinski definition) is 2. The molecule has 0 saturated heterocycles. The zero-order valence-electron chi connectivity index (χ0n) is 7.92. The molecule has 1 aromatic heterocycles. The molecule has 0 spiro atoms. The van der Waals surface area contributed by atoms with Crippen molar-refractivity contribution >= 4 is 17.2 Å². The molecule has 4 heteroatoms. The Morgan fingerprint density at radius 3 is 2.73 bits per heavy atom. The maximum atomic E-state index is 13.3. The predicted octanol–water partition coefficient (Wildman–Crippen LogP) is 2.63. The highest BCUT2D eigenvalue weighted by Crippen LogP contribution is 2.22. The molecule has 0 aliphatic heterocycles. The highest BCUT2D eigenvalue weighted by atomic mass is 19.2. The lowest BCUT2D eigenvalue weighted by Crippen LogP contribution is -1.95. The van der Waals surface area contributed by atoms with Gasteiger partial charge in [-0.15, -0.1) is 0 Å². The number of pyridine rings is 1. The van der Waals surface area contributed by atoms with Gasteiger partial charge in [0.05, 0.1) is 5.52 Å². The number of fused-ring (bicyclic) bond motifs is 1. The van der Waals surface area contributed by atoms with E-state index in [9.17, 15) is 13.6 Å². The molecular formula is C11H7F2NO. The number of aryl methyl sites for hydroxylation is 1. The summed E-state index contributed by atoms with van der Waals surface area (Å²) in [5.74, 6) is -2.00. The number of halogens is 2. The van der Waals surface area contributed by atoms with E-state index in [-0.39, 0.29) is 16.5 Å². The number of aromatic nitrogens is 1. The molecular weight excluding hydrogens is 200 g/mol. The van der Waals surface area contributed by atoms with Gasteiger partial charge in [-0.3, -0.25) is 9.78 Å². The molecule has 0 saturated carbocycles. The van der Waals surface area contributed by atoms with Gasteiger partial charge in [0.15, 0.2) is 17.9 Å². The van der Waals surface area contributed by atoms with Crippen molar-refractivity contribution in [3.8, 4) is 0 Å². The summed E-state index contributed by atoms with van der Waals surface area (Å²) < 4.78 is 26.4. The number of hydrogen-bond donors (Lipinski definition) is 0. The van der Waals surface area contributed by atoms with Crippen molar-refractivity contribution in [1.82, 2.24) is 4.98 Å². The van der Waals surface area contributed by atoms with Crippen molar-refractivity contribution < 1.29 is 13.6 Å². The minimum atomic E-state index is -1.03.